The third-order valence-corrected chi connectivity index (χ3v) is 5.15. The van der Waals surface area contributed by atoms with Crippen molar-refractivity contribution in [3.05, 3.63) is 59.7 Å². The van der Waals surface area contributed by atoms with Crippen LogP contribution >= 0.6 is 24.0 Å². The number of nitrogens with one attached hydrogen (secondary N) is 1. The van der Waals surface area contributed by atoms with Gasteiger partial charge in [0.1, 0.15) is 0 Å². The minimum absolute atomic E-state index is 0. The summed E-state index contributed by atoms with van der Waals surface area (Å²) < 4.78 is 41.6. The zero-order valence-electron chi connectivity index (χ0n) is 17.9. The van der Waals surface area contributed by atoms with Crippen LogP contribution in [0.5, 0.6) is 5.75 Å². The van der Waals surface area contributed by atoms with Crippen LogP contribution in [0.2, 0.25) is 0 Å². The molecule has 0 bridgehead atoms. The van der Waals surface area contributed by atoms with Crippen molar-refractivity contribution < 1.29 is 17.9 Å². The van der Waals surface area contributed by atoms with Gasteiger partial charge in [-0.25, -0.2) is 4.99 Å². The van der Waals surface area contributed by atoms with Crippen LogP contribution in [-0.2, 0) is 13.1 Å². The van der Waals surface area contributed by atoms with E-state index in [9.17, 15) is 13.2 Å². The number of nitrogens with two attached hydrogens (primary N) is 1. The molecule has 1 aliphatic rings. The van der Waals surface area contributed by atoms with Gasteiger partial charge in [-0.3, -0.25) is 4.90 Å². The number of ether oxygens (including phenoxy) is 1. The van der Waals surface area contributed by atoms with Crippen molar-refractivity contribution in [3.8, 4) is 5.75 Å². The molecule has 0 amide bonds. The van der Waals surface area contributed by atoms with Crippen molar-refractivity contribution in [3.63, 3.8) is 0 Å². The molecule has 1 aliphatic heterocycles. The Kier molecular flexibility index (Phi) is 10.0. The molecule has 0 spiro atoms. The Morgan fingerprint density at radius 3 is 2.22 bits per heavy atom. The molecule has 0 radical (unpaired) electrons. The predicted octanol–water partition coefficient (Wildman–Crippen LogP) is 4.27. The summed E-state index contributed by atoms with van der Waals surface area (Å²) in [5.74, 6) is -0.353. The summed E-state index contributed by atoms with van der Waals surface area (Å²) in [5, 5.41) is 2.67. The molecule has 176 valence electrons. The minimum atomic E-state index is -4.78. The molecular weight excluding hydrogens is 534 g/mol. The Bertz CT molecular complexity index is 869. The molecule has 1 fully saturated rings. The van der Waals surface area contributed by atoms with Gasteiger partial charge in [0, 0.05) is 32.7 Å². The number of nitrogens with zero attached hydrogens (tertiary/aromatic N) is 3. The summed E-state index contributed by atoms with van der Waals surface area (Å²) >= 11 is 0. The standard InChI is InChI=1S/C22H28F3N5O.HI/c1-2-29-11-13-30(14-12-29)16-18-9-7-17(8-10-18)15-27-21(26)28-19-5-3-4-6-20(19)31-22(23,24)25;/h3-10H,2,11-16H2,1H3,(H3,26,27,28);1H. The summed E-state index contributed by atoms with van der Waals surface area (Å²) in [5.41, 5.74) is 8.15. The molecule has 2 aromatic rings. The molecule has 32 heavy (non-hydrogen) atoms. The fourth-order valence-electron chi connectivity index (χ4n) is 3.41. The molecule has 0 atom stereocenters. The number of anilines is 1. The normalized spacial score (nSPS) is 15.8. The van der Waals surface area contributed by atoms with Gasteiger partial charge in [-0.15, -0.1) is 37.1 Å². The van der Waals surface area contributed by atoms with Crippen LogP contribution in [0.4, 0.5) is 18.9 Å². The summed E-state index contributed by atoms with van der Waals surface area (Å²) in [6.45, 7) is 8.87. The second kappa shape index (κ2) is 12.3. The highest BCUT2D eigenvalue weighted by Gasteiger charge is 2.32. The van der Waals surface area contributed by atoms with E-state index < -0.39 is 6.36 Å². The summed E-state index contributed by atoms with van der Waals surface area (Å²) in [6.07, 6.45) is -4.78. The fourth-order valence-corrected chi connectivity index (χ4v) is 3.41. The van der Waals surface area contributed by atoms with Crippen LogP contribution in [0.1, 0.15) is 18.1 Å². The van der Waals surface area contributed by atoms with E-state index in [1.54, 1.807) is 6.07 Å². The van der Waals surface area contributed by atoms with E-state index in [2.05, 4.69) is 43.9 Å². The number of guanidine groups is 1. The number of likely N-dealkylation sites (N-methyl/N-ethyl adjacent to an activating group) is 1. The molecule has 6 nitrogen and oxygen atoms in total. The lowest BCUT2D eigenvalue weighted by Gasteiger charge is -2.34. The first-order chi connectivity index (χ1) is 14.8. The number of rotatable bonds is 7. The first kappa shape index (κ1) is 26.2. The Morgan fingerprint density at radius 1 is 1.00 bits per heavy atom. The Balaban J connectivity index is 0.00000363. The highest BCUT2D eigenvalue weighted by atomic mass is 127. The number of halogens is 4. The number of aliphatic imine (C=N–C) groups is 1. The third kappa shape index (κ3) is 8.47. The van der Waals surface area contributed by atoms with Crippen LogP contribution < -0.4 is 15.8 Å². The van der Waals surface area contributed by atoms with E-state index in [1.807, 2.05) is 12.1 Å². The number of hydrogen-bond acceptors (Lipinski definition) is 4. The number of piperazine rings is 1. The Labute approximate surface area is 203 Å². The van der Waals surface area contributed by atoms with Crippen molar-refractivity contribution >= 4 is 35.6 Å². The molecule has 3 N–H and O–H groups in total. The van der Waals surface area contributed by atoms with Gasteiger partial charge in [-0.05, 0) is 29.8 Å². The summed E-state index contributed by atoms with van der Waals surface area (Å²) in [4.78, 5) is 9.12. The van der Waals surface area contributed by atoms with Gasteiger partial charge >= 0.3 is 6.36 Å². The number of hydrogen-bond donors (Lipinski definition) is 2. The van der Waals surface area contributed by atoms with Gasteiger partial charge in [-0.1, -0.05) is 43.3 Å². The average molecular weight is 563 g/mol. The topological polar surface area (TPSA) is 66.1 Å². The van der Waals surface area contributed by atoms with E-state index >= 15 is 0 Å². The zero-order chi connectivity index (χ0) is 22.3. The van der Waals surface area contributed by atoms with E-state index in [-0.39, 0.29) is 41.4 Å². The molecular formula is C22H29F3IN5O. The molecule has 1 heterocycles. The molecule has 3 rings (SSSR count). The van der Waals surface area contributed by atoms with Crippen molar-refractivity contribution in [2.45, 2.75) is 26.4 Å². The van der Waals surface area contributed by atoms with Gasteiger partial charge in [-0.2, -0.15) is 0 Å². The van der Waals surface area contributed by atoms with Crippen LogP contribution in [0.15, 0.2) is 53.5 Å². The second-order valence-electron chi connectivity index (χ2n) is 7.40. The van der Waals surface area contributed by atoms with Gasteiger partial charge in [0.05, 0.1) is 12.2 Å². The SMILES string of the molecule is CCN1CCN(Cc2ccc(CN=C(N)Nc3ccccc3OC(F)(F)F)cc2)CC1.I. The number of alkyl halides is 3. The molecule has 0 unspecified atom stereocenters. The van der Waals surface area contributed by atoms with Crippen molar-refractivity contribution in [2.24, 2.45) is 10.7 Å². The lowest BCUT2D eigenvalue weighted by molar-refractivity contribution is -0.274. The fraction of sp³-hybridized carbons (Fsp3) is 0.409. The second-order valence-corrected chi connectivity index (χ2v) is 7.40. The maximum atomic E-state index is 12.5. The molecule has 0 aliphatic carbocycles. The lowest BCUT2D eigenvalue weighted by atomic mass is 10.1. The number of para-hydroxylation sites is 2. The Hall–Kier alpha value is -2.05. The zero-order valence-corrected chi connectivity index (χ0v) is 20.3. The number of benzene rings is 2. The van der Waals surface area contributed by atoms with Gasteiger partial charge in [0.25, 0.3) is 0 Å². The predicted molar refractivity (Wildman–Crippen MR) is 131 cm³/mol. The van der Waals surface area contributed by atoms with E-state index in [4.69, 9.17) is 5.73 Å². The van der Waals surface area contributed by atoms with Crippen LogP contribution in [0, 0.1) is 0 Å². The van der Waals surface area contributed by atoms with Gasteiger partial charge < -0.3 is 20.7 Å². The van der Waals surface area contributed by atoms with E-state index in [0.717, 1.165) is 44.8 Å². The first-order valence-electron chi connectivity index (χ1n) is 10.3. The highest BCUT2D eigenvalue weighted by molar-refractivity contribution is 14.0. The summed E-state index contributed by atoms with van der Waals surface area (Å²) in [6, 6.07) is 13.8. The smallest absolute Gasteiger partial charge is 0.404 e. The average Bonchev–Trinajstić information content (AvgIpc) is 2.74. The van der Waals surface area contributed by atoms with Crippen molar-refractivity contribution in [1.29, 1.82) is 0 Å². The van der Waals surface area contributed by atoms with Crippen LogP contribution in [0.3, 0.4) is 0 Å². The van der Waals surface area contributed by atoms with E-state index in [1.165, 1.54) is 23.8 Å². The molecule has 1 saturated heterocycles. The van der Waals surface area contributed by atoms with Crippen LogP contribution in [0.25, 0.3) is 0 Å². The molecule has 0 saturated carbocycles. The third-order valence-electron chi connectivity index (χ3n) is 5.15. The maximum Gasteiger partial charge on any atom is 0.573 e. The Morgan fingerprint density at radius 2 is 1.59 bits per heavy atom. The van der Waals surface area contributed by atoms with Crippen molar-refractivity contribution in [2.75, 3.05) is 38.0 Å². The van der Waals surface area contributed by atoms with Crippen LogP contribution in [-0.4, -0.2) is 54.8 Å². The largest absolute Gasteiger partial charge is 0.573 e. The van der Waals surface area contributed by atoms with Gasteiger partial charge in [0.2, 0.25) is 0 Å². The molecule has 10 heteroatoms. The maximum absolute atomic E-state index is 12.5. The summed E-state index contributed by atoms with van der Waals surface area (Å²) in [7, 11) is 0. The van der Waals surface area contributed by atoms with E-state index in [0.29, 0.717) is 6.54 Å². The van der Waals surface area contributed by atoms with Crippen molar-refractivity contribution in [1.82, 2.24) is 9.80 Å². The highest BCUT2D eigenvalue weighted by Crippen LogP contribution is 2.29. The monoisotopic (exact) mass is 563 g/mol. The molecule has 2 aromatic carbocycles. The van der Waals surface area contributed by atoms with Gasteiger partial charge in [0.15, 0.2) is 11.7 Å². The quantitative estimate of drug-likeness (QED) is 0.300. The minimum Gasteiger partial charge on any atom is -0.404 e. The first-order valence-corrected chi connectivity index (χ1v) is 10.3. The molecule has 0 aromatic heterocycles. The lowest BCUT2D eigenvalue weighted by Crippen LogP contribution is -2.45.